The van der Waals surface area contributed by atoms with Crippen LogP contribution >= 0.6 is 0 Å². The molecule has 0 bridgehead atoms. The van der Waals surface area contributed by atoms with Gasteiger partial charge in [-0.2, -0.15) is 0 Å². The average Bonchev–Trinajstić information content (AvgIpc) is 2.35. The van der Waals surface area contributed by atoms with Gasteiger partial charge in [0.25, 0.3) is 5.69 Å². The molecule has 0 saturated heterocycles. The van der Waals surface area contributed by atoms with Crippen LogP contribution in [0, 0.1) is 10.1 Å². The summed E-state index contributed by atoms with van der Waals surface area (Å²) in [6.07, 6.45) is 1.50. The van der Waals surface area contributed by atoms with Gasteiger partial charge in [0.05, 0.1) is 11.3 Å². The van der Waals surface area contributed by atoms with E-state index in [-0.39, 0.29) is 24.6 Å². The maximum atomic E-state index is 11.5. The molecule has 1 aromatic rings. The van der Waals surface area contributed by atoms with Crippen molar-refractivity contribution in [1.82, 2.24) is 5.32 Å². The Labute approximate surface area is 105 Å². The summed E-state index contributed by atoms with van der Waals surface area (Å²) in [4.78, 5) is 21.6. The van der Waals surface area contributed by atoms with Gasteiger partial charge in [-0.25, -0.2) is 0 Å². The third-order valence-corrected chi connectivity index (χ3v) is 2.39. The molecule has 98 valence electrons. The lowest BCUT2D eigenvalue weighted by Crippen LogP contribution is -2.26. The van der Waals surface area contributed by atoms with Crippen LogP contribution in [-0.4, -0.2) is 29.1 Å². The van der Waals surface area contributed by atoms with Gasteiger partial charge in [0.2, 0.25) is 5.91 Å². The first-order valence-corrected chi connectivity index (χ1v) is 5.74. The number of carbonyl (C=O) groups excluding carboxylic acids is 1. The number of nitro benzene ring substituents is 1. The molecule has 6 nitrogen and oxygen atoms in total. The minimum absolute atomic E-state index is 0.0134. The maximum Gasteiger partial charge on any atom is 0.269 e. The predicted molar refractivity (Wildman–Crippen MR) is 66.1 cm³/mol. The summed E-state index contributed by atoms with van der Waals surface area (Å²) < 4.78 is 0. The Balaban J connectivity index is 2.44. The van der Waals surface area contributed by atoms with E-state index in [1.165, 1.54) is 12.1 Å². The third-order valence-electron chi connectivity index (χ3n) is 2.39. The van der Waals surface area contributed by atoms with Crippen LogP contribution < -0.4 is 5.32 Å². The summed E-state index contributed by atoms with van der Waals surface area (Å²) >= 11 is 0. The van der Waals surface area contributed by atoms with Crippen LogP contribution in [0.3, 0.4) is 0 Å². The average molecular weight is 252 g/mol. The Morgan fingerprint density at radius 2 is 2.17 bits per heavy atom. The molecule has 0 spiro atoms. The largest absolute Gasteiger partial charge is 0.396 e. The van der Waals surface area contributed by atoms with Crippen molar-refractivity contribution < 1.29 is 14.8 Å². The van der Waals surface area contributed by atoms with E-state index >= 15 is 0 Å². The maximum absolute atomic E-state index is 11.5. The quantitative estimate of drug-likeness (QED) is 0.430. The van der Waals surface area contributed by atoms with Gasteiger partial charge in [0.1, 0.15) is 0 Å². The van der Waals surface area contributed by atoms with Gasteiger partial charge in [0.15, 0.2) is 0 Å². The minimum atomic E-state index is -0.483. The van der Waals surface area contributed by atoms with E-state index in [1.807, 2.05) is 0 Å². The fourth-order valence-electron chi connectivity index (χ4n) is 1.49. The topological polar surface area (TPSA) is 92.5 Å². The zero-order valence-corrected chi connectivity index (χ0v) is 9.96. The van der Waals surface area contributed by atoms with Crippen molar-refractivity contribution in [3.63, 3.8) is 0 Å². The fourth-order valence-corrected chi connectivity index (χ4v) is 1.49. The van der Waals surface area contributed by atoms with Crippen molar-refractivity contribution in [2.75, 3.05) is 13.2 Å². The minimum Gasteiger partial charge on any atom is -0.396 e. The van der Waals surface area contributed by atoms with Crippen molar-refractivity contribution >= 4 is 11.6 Å². The van der Waals surface area contributed by atoms with Gasteiger partial charge in [0, 0.05) is 25.3 Å². The summed E-state index contributed by atoms with van der Waals surface area (Å²) in [5, 5.41) is 21.8. The van der Waals surface area contributed by atoms with Crippen LogP contribution in [0.25, 0.3) is 0 Å². The van der Waals surface area contributed by atoms with E-state index in [0.717, 1.165) is 6.42 Å². The molecule has 0 heterocycles. The normalized spacial score (nSPS) is 10.1. The van der Waals surface area contributed by atoms with E-state index in [4.69, 9.17) is 5.11 Å². The van der Waals surface area contributed by atoms with Gasteiger partial charge < -0.3 is 10.4 Å². The first-order chi connectivity index (χ1) is 8.63. The zero-order valence-electron chi connectivity index (χ0n) is 9.96. The SMILES string of the molecule is O=C(Cc1cccc([N+](=O)[O-])c1)NCCCCO. The first kappa shape index (κ1) is 14.1. The van der Waals surface area contributed by atoms with Crippen LogP contribution in [0.1, 0.15) is 18.4 Å². The lowest BCUT2D eigenvalue weighted by atomic mass is 10.1. The summed E-state index contributed by atoms with van der Waals surface area (Å²) in [7, 11) is 0. The third kappa shape index (κ3) is 4.92. The monoisotopic (exact) mass is 252 g/mol. The molecule has 0 radical (unpaired) electrons. The van der Waals surface area contributed by atoms with Crippen LogP contribution in [0.2, 0.25) is 0 Å². The second kappa shape index (κ2) is 7.39. The van der Waals surface area contributed by atoms with Crippen molar-refractivity contribution in [2.24, 2.45) is 0 Å². The molecule has 0 unspecified atom stereocenters. The van der Waals surface area contributed by atoms with Crippen molar-refractivity contribution in [2.45, 2.75) is 19.3 Å². The predicted octanol–water partition coefficient (Wildman–Crippen LogP) is 1.03. The number of hydrogen-bond acceptors (Lipinski definition) is 4. The number of benzene rings is 1. The number of nitrogens with zero attached hydrogens (tertiary/aromatic N) is 1. The number of hydrogen-bond donors (Lipinski definition) is 2. The number of amides is 1. The molecular weight excluding hydrogens is 236 g/mol. The summed E-state index contributed by atoms with van der Waals surface area (Å²) in [6.45, 7) is 0.620. The molecule has 0 atom stereocenters. The van der Waals surface area contributed by atoms with Gasteiger partial charge in [-0.3, -0.25) is 14.9 Å². The van der Waals surface area contributed by atoms with Gasteiger partial charge in [-0.15, -0.1) is 0 Å². The molecule has 0 saturated carbocycles. The van der Waals surface area contributed by atoms with E-state index in [0.29, 0.717) is 18.5 Å². The standard InChI is InChI=1S/C12H16N2O4/c15-7-2-1-6-13-12(16)9-10-4-3-5-11(8-10)14(17)18/h3-5,8,15H,1-2,6-7,9H2,(H,13,16). The number of nitrogens with one attached hydrogen (secondary N) is 1. The smallest absolute Gasteiger partial charge is 0.269 e. The molecule has 0 aromatic heterocycles. The Hall–Kier alpha value is -1.95. The zero-order chi connectivity index (χ0) is 13.4. The first-order valence-electron chi connectivity index (χ1n) is 5.74. The molecule has 1 amide bonds. The van der Waals surface area contributed by atoms with Crippen LogP contribution in [0.15, 0.2) is 24.3 Å². The second-order valence-electron chi connectivity index (χ2n) is 3.88. The Kier molecular flexibility index (Phi) is 5.79. The molecule has 0 fully saturated rings. The molecule has 18 heavy (non-hydrogen) atoms. The lowest BCUT2D eigenvalue weighted by molar-refractivity contribution is -0.384. The van der Waals surface area contributed by atoms with Crippen molar-refractivity contribution in [3.05, 3.63) is 39.9 Å². The number of aliphatic hydroxyl groups is 1. The number of nitro groups is 1. The molecule has 0 aliphatic rings. The highest BCUT2D eigenvalue weighted by Gasteiger charge is 2.08. The summed E-state index contributed by atoms with van der Waals surface area (Å²) in [5.41, 5.74) is 0.601. The highest BCUT2D eigenvalue weighted by atomic mass is 16.6. The molecule has 0 aliphatic carbocycles. The summed E-state index contributed by atoms with van der Waals surface area (Å²) in [6, 6.07) is 6.03. The molecule has 2 N–H and O–H groups in total. The number of unbranched alkanes of at least 4 members (excludes halogenated alkanes) is 1. The van der Waals surface area contributed by atoms with E-state index in [9.17, 15) is 14.9 Å². The van der Waals surface area contributed by atoms with Crippen LogP contribution in [-0.2, 0) is 11.2 Å². The number of aliphatic hydroxyl groups excluding tert-OH is 1. The van der Waals surface area contributed by atoms with Crippen LogP contribution in [0.4, 0.5) is 5.69 Å². The second-order valence-corrected chi connectivity index (χ2v) is 3.88. The Bertz CT molecular complexity index is 420. The fraction of sp³-hybridized carbons (Fsp3) is 0.417. The Morgan fingerprint density at radius 1 is 1.39 bits per heavy atom. The number of rotatable bonds is 7. The molecule has 1 rings (SSSR count). The van der Waals surface area contributed by atoms with Gasteiger partial charge in [-0.1, -0.05) is 12.1 Å². The van der Waals surface area contributed by atoms with Crippen molar-refractivity contribution in [1.29, 1.82) is 0 Å². The molecule has 0 aliphatic heterocycles. The summed E-state index contributed by atoms with van der Waals surface area (Å²) in [5.74, 6) is -0.173. The van der Waals surface area contributed by atoms with E-state index in [2.05, 4.69) is 5.32 Å². The Morgan fingerprint density at radius 3 is 2.83 bits per heavy atom. The molecule has 6 heteroatoms. The molecular formula is C12H16N2O4. The highest BCUT2D eigenvalue weighted by molar-refractivity contribution is 5.78. The number of carbonyl (C=O) groups is 1. The highest BCUT2D eigenvalue weighted by Crippen LogP contribution is 2.13. The van der Waals surface area contributed by atoms with Gasteiger partial charge in [-0.05, 0) is 18.4 Å². The van der Waals surface area contributed by atoms with Crippen LogP contribution in [0.5, 0.6) is 0 Å². The lowest BCUT2D eigenvalue weighted by Gasteiger charge is -2.04. The van der Waals surface area contributed by atoms with Gasteiger partial charge >= 0.3 is 0 Å². The molecule has 1 aromatic carbocycles. The van der Waals surface area contributed by atoms with Crippen molar-refractivity contribution in [3.8, 4) is 0 Å². The number of non-ortho nitro benzene ring substituents is 1. The van der Waals surface area contributed by atoms with E-state index < -0.39 is 4.92 Å². The van der Waals surface area contributed by atoms with E-state index in [1.54, 1.807) is 12.1 Å².